The average Bonchev–Trinajstić information content (AvgIpc) is 3.28. The summed E-state index contributed by atoms with van der Waals surface area (Å²) in [7, 11) is 1.61. The van der Waals surface area contributed by atoms with Gasteiger partial charge in [-0.05, 0) is 48.7 Å². The number of rotatable bonds is 5. The summed E-state index contributed by atoms with van der Waals surface area (Å²) in [5, 5.41) is 10.5. The van der Waals surface area contributed by atoms with E-state index in [1.165, 1.54) is 0 Å². The molecule has 2 unspecified atom stereocenters. The van der Waals surface area contributed by atoms with Crippen LogP contribution >= 0.6 is 0 Å². The molecule has 138 valence electrons. The summed E-state index contributed by atoms with van der Waals surface area (Å²) >= 11 is 0. The van der Waals surface area contributed by atoms with Crippen LogP contribution < -0.4 is 15.4 Å². The van der Waals surface area contributed by atoms with Crippen molar-refractivity contribution in [1.82, 2.24) is 9.78 Å². The number of nitrogens with one attached hydrogen (secondary N) is 2. The monoisotopic (exact) mass is 362 g/mol. The highest BCUT2D eigenvalue weighted by atomic mass is 16.5. The number of hydrogen-bond acceptors (Lipinski definition) is 3. The molecule has 2 aromatic carbocycles. The van der Waals surface area contributed by atoms with Crippen LogP contribution in [0.1, 0.15) is 25.0 Å². The van der Waals surface area contributed by atoms with Gasteiger partial charge in [-0.25, -0.2) is 9.48 Å². The van der Waals surface area contributed by atoms with Gasteiger partial charge in [0.2, 0.25) is 0 Å². The van der Waals surface area contributed by atoms with E-state index in [-0.39, 0.29) is 6.03 Å². The predicted molar refractivity (Wildman–Crippen MR) is 106 cm³/mol. The van der Waals surface area contributed by atoms with Crippen molar-refractivity contribution in [1.29, 1.82) is 0 Å². The van der Waals surface area contributed by atoms with Crippen molar-refractivity contribution >= 4 is 17.5 Å². The number of carbonyl (C=O) groups is 1. The Morgan fingerprint density at radius 1 is 1.11 bits per heavy atom. The molecule has 1 aliphatic carbocycles. The second kappa shape index (κ2) is 7.15. The smallest absolute Gasteiger partial charge is 0.324 e. The molecule has 0 spiro atoms. The van der Waals surface area contributed by atoms with Gasteiger partial charge in [0.25, 0.3) is 0 Å². The Labute approximate surface area is 158 Å². The summed E-state index contributed by atoms with van der Waals surface area (Å²) in [6.45, 7) is 2.22. The first-order valence-corrected chi connectivity index (χ1v) is 9.01. The summed E-state index contributed by atoms with van der Waals surface area (Å²) in [4.78, 5) is 12.5. The molecule has 1 heterocycles. The van der Waals surface area contributed by atoms with Gasteiger partial charge in [-0.1, -0.05) is 25.1 Å². The van der Waals surface area contributed by atoms with E-state index in [0.29, 0.717) is 23.3 Å². The zero-order valence-electron chi connectivity index (χ0n) is 15.3. The Kier molecular flexibility index (Phi) is 4.54. The largest absolute Gasteiger partial charge is 0.497 e. The first kappa shape index (κ1) is 17.1. The maximum atomic E-state index is 12.5. The highest BCUT2D eigenvalue weighted by Crippen LogP contribution is 2.47. The fourth-order valence-corrected chi connectivity index (χ4v) is 3.12. The van der Waals surface area contributed by atoms with E-state index >= 15 is 0 Å². The van der Waals surface area contributed by atoms with E-state index in [0.717, 1.165) is 23.6 Å². The van der Waals surface area contributed by atoms with Crippen molar-refractivity contribution in [3.8, 4) is 11.4 Å². The van der Waals surface area contributed by atoms with E-state index < -0.39 is 0 Å². The van der Waals surface area contributed by atoms with Crippen LogP contribution in [0.3, 0.4) is 0 Å². The lowest BCUT2D eigenvalue weighted by Crippen LogP contribution is -2.21. The molecule has 0 saturated heterocycles. The van der Waals surface area contributed by atoms with Gasteiger partial charge in [-0.3, -0.25) is 5.32 Å². The molecule has 6 nitrogen and oxygen atoms in total. The molecule has 0 bridgehead atoms. The number of methoxy groups -OCH3 is 1. The number of urea groups is 1. The number of para-hydroxylation sites is 1. The van der Waals surface area contributed by atoms with Gasteiger partial charge in [0.15, 0.2) is 0 Å². The normalized spacial score (nSPS) is 18.0. The average molecular weight is 362 g/mol. The standard InChI is InChI=1S/C21H22N4O2/c1-14-12-18(14)19-13-20(25(24-19)16-6-4-3-5-7-16)23-21(26)22-15-8-10-17(27-2)11-9-15/h3-11,13-14,18H,12H2,1-2H3,(H2,22,23,26). The Bertz CT molecular complexity index is 935. The first-order valence-electron chi connectivity index (χ1n) is 9.01. The van der Waals surface area contributed by atoms with Crippen LogP contribution in [0, 0.1) is 5.92 Å². The maximum Gasteiger partial charge on any atom is 0.324 e. The summed E-state index contributed by atoms with van der Waals surface area (Å²) in [6.07, 6.45) is 1.14. The third-order valence-electron chi connectivity index (χ3n) is 4.81. The highest BCUT2D eigenvalue weighted by molar-refractivity contribution is 5.99. The van der Waals surface area contributed by atoms with E-state index in [1.807, 2.05) is 36.4 Å². The fourth-order valence-electron chi connectivity index (χ4n) is 3.12. The zero-order chi connectivity index (χ0) is 18.8. The van der Waals surface area contributed by atoms with Crippen molar-refractivity contribution in [3.63, 3.8) is 0 Å². The summed E-state index contributed by atoms with van der Waals surface area (Å²) < 4.78 is 6.92. The number of amides is 2. The number of nitrogens with zero attached hydrogens (tertiary/aromatic N) is 2. The minimum atomic E-state index is -0.312. The van der Waals surface area contributed by atoms with Crippen molar-refractivity contribution in [2.45, 2.75) is 19.3 Å². The van der Waals surface area contributed by atoms with Gasteiger partial charge in [0.05, 0.1) is 18.5 Å². The number of ether oxygens (including phenoxy) is 1. The van der Waals surface area contributed by atoms with E-state index in [1.54, 1.807) is 36.1 Å². The number of anilines is 2. The SMILES string of the molecule is COc1ccc(NC(=O)Nc2cc(C3CC3C)nn2-c2ccccc2)cc1. The van der Waals surface area contributed by atoms with Crippen molar-refractivity contribution in [3.05, 3.63) is 66.4 Å². The Balaban J connectivity index is 1.54. The quantitative estimate of drug-likeness (QED) is 0.694. The van der Waals surface area contributed by atoms with E-state index in [9.17, 15) is 4.79 Å². The molecule has 4 rings (SSSR count). The van der Waals surface area contributed by atoms with Crippen LogP contribution in [0.2, 0.25) is 0 Å². The van der Waals surface area contributed by atoms with Crippen molar-refractivity contribution < 1.29 is 9.53 Å². The second-order valence-corrected chi connectivity index (χ2v) is 6.83. The Hall–Kier alpha value is -3.28. The molecule has 3 aromatic rings. The molecule has 2 amide bonds. The molecule has 1 aliphatic rings. The van der Waals surface area contributed by atoms with Gasteiger partial charge in [0, 0.05) is 17.7 Å². The second-order valence-electron chi connectivity index (χ2n) is 6.83. The van der Waals surface area contributed by atoms with Gasteiger partial charge >= 0.3 is 6.03 Å². The third-order valence-corrected chi connectivity index (χ3v) is 4.81. The van der Waals surface area contributed by atoms with Gasteiger partial charge in [0.1, 0.15) is 11.6 Å². The molecule has 2 N–H and O–H groups in total. The molecule has 1 saturated carbocycles. The fraction of sp³-hybridized carbons (Fsp3) is 0.238. The molecule has 0 aliphatic heterocycles. The minimum Gasteiger partial charge on any atom is -0.497 e. The Morgan fingerprint density at radius 2 is 1.81 bits per heavy atom. The molecule has 2 atom stereocenters. The number of aromatic nitrogens is 2. The molecule has 1 fully saturated rings. The lowest BCUT2D eigenvalue weighted by Gasteiger charge is -2.10. The van der Waals surface area contributed by atoms with Crippen molar-refractivity contribution in [2.75, 3.05) is 17.7 Å². The van der Waals surface area contributed by atoms with Crippen LogP contribution in [0.15, 0.2) is 60.7 Å². The summed E-state index contributed by atoms with van der Waals surface area (Å²) in [5.41, 5.74) is 2.62. The molecule has 1 aromatic heterocycles. The van der Waals surface area contributed by atoms with Crippen LogP contribution in [-0.4, -0.2) is 22.9 Å². The van der Waals surface area contributed by atoms with Crippen LogP contribution in [-0.2, 0) is 0 Å². The van der Waals surface area contributed by atoms with Crippen LogP contribution in [0.4, 0.5) is 16.3 Å². The van der Waals surface area contributed by atoms with Gasteiger partial charge in [-0.2, -0.15) is 5.10 Å². The first-order chi connectivity index (χ1) is 13.1. The molecular formula is C21H22N4O2. The maximum absolute atomic E-state index is 12.5. The predicted octanol–water partition coefficient (Wildman–Crippen LogP) is 4.65. The topological polar surface area (TPSA) is 68.2 Å². The molecule has 27 heavy (non-hydrogen) atoms. The van der Waals surface area contributed by atoms with E-state index in [4.69, 9.17) is 9.84 Å². The highest BCUT2D eigenvalue weighted by Gasteiger charge is 2.36. The van der Waals surface area contributed by atoms with Crippen molar-refractivity contribution in [2.24, 2.45) is 5.92 Å². The third kappa shape index (κ3) is 3.79. The van der Waals surface area contributed by atoms with Gasteiger partial charge in [-0.15, -0.1) is 0 Å². The number of benzene rings is 2. The Morgan fingerprint density at radius 3 is 2.44 bits per heavy atom. The van der Waals surface area contributed by atoms with Gasteiger partial charge < -0.3 is 10.1 Å². The molecule has 0 radical (unpaired) electrons. The number of hydrogen-bond donors (Lipinski definition) is 2. The molecule has 6 heteroatoms. The number of carbonyl (C=O) groups excluding carboxylic acids is 1. The molecular weight excluding hydrogens is 340 g/mol. The minimum absolute atomic E-state index is 0.312. The lowest BCUT2D eigenvalue weighted by molar-refractivity contribution is 0.262. The zero-order valence-corrected chi connectivity index (χ0v) is 15.3. The lowest BCUT2D eigenvalue weighted by atomic mass is 10.2. The van der Waals surface area contributed by atoms with Crippen LogP contribution in [0.25, 0.3) is 5.69 Å². The summed E-state index contributed by atoms with van der Waals surface area (Å²) in [5.74, 6) is 2.51. The van der Waals surface area contributed by atoms with E-state index in [2.05, 4.69) is 17.6 Å². The summed E-state index contributed by atoms with van der Waals surface area (Å²) in [6, 6.07) is 18.7. The van der Waals surface area contributed by atoms with Crippen LogP contribution in [0.5, 0.6) is 5.75 Å².